The van der Waals surface area contributed by atoms with Gasteiger partial charge < -0.3 is 14.7 Å². The summed E-state index contributed by atoms with van der Waals surface area (Å²) in [6.45, 7) is 2.09. The standard InChI is InChI=1S/C35H38FN7O3/c1-22(44)37-27-17-43-28(38-27)8-7-26(40-43)24-3-2-4-25(15-24)42(29(45)16-33-18-35(36,19-33)20-33)21-32-9-12-34(13-10-32,14-11-32)31-39-30(41-46-31)23-5-6-23/h2-4,7-8,15,17,23H,5-6,9-14,16,18-21H2,1H3,(H,37,44). The lowest BCUT2D eigenvalue weighted by atomic mass is 9.41. The molecular weight excluding hydrogens is 585 g/mol. The first-order valence-corrected chi connectivity index (χ1v) is 16.7. The number of carbonyl (C=O) groups excluding carboxylic acids is 2. The first-order valence-electron chi connectivity index (χ1n) is 16.7. The summed E-state index contributed by atoms with van der Waals surface area (Å²) in [5.41, 5.74) is 1.84. The van der Waals surface area contributed by atoms with Gasteiger partial charge in [0.2, 0.25) is 17.7 Å². The lowest BCUT2D eigenvalue weighted by molar-refractivity contribution is -0.215. The van der Waals surface area contributed by atoms with Crippen LogP contribution in [0.15, 0.2) is 47.1 Å². The molecule has 7 fully saturated rings. The molecule has 3 aromatic heterocycles. The zero-order valence-corrected chi connectivity index (χ0v) is 26.1. The van der Waals surface area contributed by atoms with Crippen molar-refractivity contribution >= 4 is 29.0 Å². The van der Waals surface area contributed by atoms with Gasteiger partial charge in [0.25, 0.3) is 0 Å². The second kappa shape index (κ2) is 9.68. The predicted octanol–water partition coefficient (Wildman–Crippen LogP) is 6.52. The van der Waals surface area contributed by atoms with Gasteiger partial charge in [-0.2, -0.15) is 10.1 Å². The average molecular weight is 624 g/mol. The number of hydrogen-bond acceptors (Lipinski definition) is 7. The van der Waals surface area contributed by atoms with Crippen molar-refractivity contribution in [3.8, 4) is 11.3 Å². The Hall–Kier alpha value is -4.15. The molecule has 0 spiro atoms. The van der Waals surface area contributed by atoms with Crippen molar-refractivity contribution in [3.63, 3.8) is 0 Å². The molecule has 0 radical (unpaired) electrons. The fourth-order valence-corrected chi connectivity index (χ4v) is 9.01. The number of fused-ring (bicyclic) bond motifs is 4. The first kappa shape index (κ1) is 28.1. The van der Waals surface area contributed by atoms with E-state index < -0.39 is 5.67 Å². The molecule has 0 atom stereocenters. The molecule has 3 heterocycles. The van der Waals surface area contributed by atoms with Crippen LogP contribution in [0.25, 0.3) is 16.9 Å². The average Bonchev–Trinajstić information content (AvgIpc) is 3.60. The summed E-state index contributed by atoms with van der Waals surface area (Å²) in [5, 5.41) is 11.8. The van der Waals surface area contributed by atoms with Crippen LogP contribution in [0.3, 0.4) is 0 Å². The Morgan fingerprint density at radius 2 is 1.78 bits per heavy atom. The van der Waals surface area contributed by atoms with Crippen LogP contribution in [0.4, 0.5) is 15.9 Å². The monoisotopic (exact) mass is 623 g/mol. The summed E-state index contributed by atoms with van der Waals surface area (Å²) in [4.78, 5) is 37.0. The number of amides is 2. The molecule has 4 aromatic rings. The van der Waals surface area contributed by atoms with Crippen molar-refractivity contribution in [3.05, 3.63) is 54.3 Å². The fraction of sp³-hybridized carbons (Fsp3) is 0.543. The van der Waals surface area contributed by atoms with E-state index in [9.17, 15) is 14.0 Å². The van der Waals surface area contributed by atoms with Crippen LogP contribution in [-0.4, -0.2) is 48.8 Å². The third-order valence-electron chi connectivity index (χ3n) is 11.7. The minimum absolute atomic E-state index is 0.0155. The van der Waals surface area contributed by atoms with Gasteiger partial charge in [-0.25, -0.2) is 13.9 Å². The highest BCUT2D eigenvalue weighted by molar-refractivity contribution is 5.95. The minimum Gasteiger partial charge on any atom is -0.339 e. The number of anilines is 2. The van der Waals surface area contributed by atoms with Gasteiger partial charge in [0.1, 0.15) is 5.67 Å². The largest absolute Gasteiger partial charge is 0.339 e. The smallest absolute Gasteiger partial charge is 0.232 e. The van der Waals surface area contributed by atoms with Crippen molar-refractivity contribution in [2.45, 2.75) is 101 Å². The second-order valence-electron chi connectivity index (χ2n) is 15.2. The molecule has 1 aromatic carbocycles. The van der Waals surface area contributed by atoms with Gasteiger partial charge in [-0.05, 0) is 106 Å². The van der Waals surface area contributed by atoms with Gasteiger partial charge in [0.15, 0.2) is 17.3 Å². The fourth-order valence-electron chi connectivity index (χ4n) is 9.01. The van der Waals surface area contributed by atoms with Crippen LogP contribution in [0.5, 0.6) is 0 Å². The van der Waals surface area contributed by atoms with E-state index in [-0.39, 0.29) is 28.1 Å². The van der Waals surface area contributed by atoms with Gasteiger partial charge in [-0.1, -0.05) is 17.3 Å². The topological polar surface area (TPSA) is 119 Å². The van der Waals surface area contributed by atoms with Crippen molar-refractivity contribution in [2.24, 2.45) is 10.8 Å². The summed E-state index contributed by atoms with van der Waals surface area (Å²) in [6.07, 6.45) is 11.9. The number of hydrogen-bond donors (Lipinski definition) is 1. The molecule has 46 heavy (non-hydrogen) atoms. The number of alkyl halides is 1. The van der Waals surface area contributed by atoms with Crippen LogP contribution in [0, 0.1) is 10.8 Å². The highest BCUT2D eigenvalue weighted by Crippen LogP contribution is 2.71. The normalized spacial score (nSPS) is 30.9. The maximum absolute atomic E-state index is 14.4. The van der Waals surface area contributed by atoms with Gasteiger partial charge in [-0.15, -0.1) is 0 Å². The lowest BCUT2D eigenvalue weighted by Crippen LogP contribution is -2.65. The molecule has 11 heteroatoms. The molecule has 238 valence electrons. The number of halogens is 1. The maximum Gasteiger partial charge on any atom is 0.232 e. The van der Waals surface area contributed by atoms with E-state index in [4.69, 9.17) is 14.6 Å². The number of aromatic nitrogens is 5. The summed E-state index contributed by atoms with van der Waals surface area (Å²) < 4.78 is 21.9. The van der Waals surface area contributed by atoms with E-state index in [1.807, 2.05) is 41.3 Å². The Kier molecular flexibility index (Phi) is 5.92. The highest BCUT2D eigenvalue weighted by atomic mass is 19.1. The molecule has 1 N–H and O–H groups in total. The number of rotatable bonds is 9. The predicted molar refractivity (Wildman–Crippen MR) is 168 cm³/mol. The zero-order valence-electron chi connectivity index (χ0n) is 26.1. The Morgan fingerprint density at radius 1 is 1.02 bits per heavy atom. The van der Waals surface area contributed by atoms with Gasteiger partial charge >= 0.3 is 0 Å². The second-order valence-corrected chi connectivity index (χ2v) is 15.2. The molecule has 0 saturated heterocycles. The van der Waals surface area contributed by atoms with Crippen LogP contribution < -0.4 is 10.2 Å². The molecule has 7 aliphatic rings. The SMILES string of the molecule is CC(=O)Nc1cn2nc(-c3cccc(N(CC45CCC(c6nc(C7CC7)no6)(CC4)CC5)C(=O)CC45CC(F)(C4)C5)c3)ccc2n1. The maximum atomic E-state index is 14.4. The Labute approximate surface area is 266 Å². The molecule has 10 nitrogen and oxygen atoms in total. The number of imidazole rings is 1. The third-order valence-corrected chi connectivity index (χ3v) is 11.7. The molecular formula is C35H38FN7O3. The Bertz CT molecular complexity index is 1850. The van der Waals surface area contributed by atoms with Crippen molar-refractivity contribution < 1.29 is 18.5 Å². The highest BCUT2D eigenvalue weighted by Gasteiger charge is 2.69. The minimum atomic E-state index is -1.04. The van der Waals surface area contributed by atoms with E-state index in [0.29, 0.717) is 49.6 Å². The Balaban J connectivity index is 0.989. The van der Waals surface area contributed by atoms with Crippen molar-refractivity contribution in [1.29, 1.82) is 0 Å². The lowest BCUT2D eigenvalue weighted by Gasteiger charge is -2.66. The number of benzene rings is 1. The molecule has 2 amide bonds. The molecule has 11 rings (SSSR count). The van der Waals surface area contributed by atoms with Crippen molar-refractivity contribution in [2.75, 3.05) is 16.8 Å². The Morgan fingerprint density at radius 3 is 2.48 bits per heavy atom. The van der Waals surface area contributed by atoms with E-state index in [1.54, 1.807) is 10.7 Å². The molecule has 4 bridgehead atoms. The molecule has 7 aliphatic carbocycles. The summed E-state index contributed by atoms with van der Waals surface area (Å²) in [6, 6.07) is 11.8. The van der Waals surface area contributed by atoms with Crippen molar-refractivity contribution in [1.82, 2.24) is 24.7 Å². The quantitative estimate of drug-likeness (QED) is 0.225. The first-order chi connectivity index (χ1) is 22.1. The molecule has 7 saturated carbocycles. The van der Waals surface area contributed by atoms with Crippen LogP contribution >= 0.6 is 0 Å². The van der Waals surface area contributed by atoms with E-state index in [0.717, 1.165) is 80.0 Å². The number of nitrogens with one attached hydrogen (secondary N) is 1. The summed E-state index contributed by atoms with van der Waals surface area (Å²) in [7, 11) is 0. The van der Waals surface area contributed by atoms with E-state index >= 15 is 0 Å². The van der Waals surface area contributed by atoms with Crippen LogP contribution in [-0.2, 0) is 15.0 Å². The molecule has 0 unspecified atom stereocenters. The molecule has 0 aliphatic heterocycles. The van der Waals surface area contributed by atoms with Gasteiger partial charge in [-0.3, -0.25) is 9.59 Å². The summed E-state index contributed by atoms with van der Waals surface area (Å²) >= 11 is 0. The van der Waals surface area contributed by atoms with Gasteiger partial charge in [0, 0.05) is 42.5 Å². The number of carbonyl (C=O) groups is 2. The zero-order chi connectivity index (χ0) is 31.3. The van der Waals surface area contributed by atoms with Crippen LogP contribution in [0.1, 0.15) is 102 Å². The van der Waals surface area contributed by atoms with Crippen LogP contribution in [0.2, 0.25) is 0 Å². The summed E-state index contributed by atoms with van der Waals surface area (Å²) in [5.74, 6) is 2.50. The van der Waals surface area contributed by atoms with E-state index in [2.05, 4.69) is 15.5 Å². The van der Waals surface area contributed by atoms with Gasteiger partial charge in [0.05, 0.1) is 11.9 Å². The third kappa shape index (κ3) is 4.64. The van der Waals surface area contributed by atoms with E-state index in [1.165, 1.54) is 6.92 Å². The number of nitrogens with zero attached hydrogens (tertiary/aromatic N) is 6.